The smallest absolute Gasteiger partial charge is 0.315 e. The van der Waals surface area contributed by atoms with E-state index in [1.807, 2.05) is 26.0 Å². The summed E-state index contributed by atoms with van der Waals surface area (Å²) in [4.78, 5) is 16.1. The van der Waals surface area contributed by atoms with Gasteiger partial charge in [-0.2, -0.15) is 0 Å². The zero-order valence-corrected chi connectivity index (χ0v) is 13.3. The van der Waals surface area contributed by atoms with Crippen molar-refractivity contribution < 1.29 is 13.2 Å². The first-order valence-corrected chi connectivity index (χ1v) is 8.63. The average molecular weight is 314 g/mol. The largest absolute Gasteiger partial charge is 0.337 e. The number of pyridine rings is 1. The van der Waals surface area contributed by atoms with Gasteiger partial charge in [0.05, 0.1) is 18.0 Å². The maximum Gasteiger partial charge on any atom is 0.315 e. The fourth-order valence-electron chi connectivity index (χ4n) is 1.85. The van der Waals surface area contributed by atoms with E-state index in [1.165, 1.54) is 0 Å². The molecule has 0 fully saturated rings. The third-order valence-electron chi connectivity index (χ3n) is 2.87. The minimum Gasteiger partial charge on any atom is -0.337 e. The van der Waals surface area contributed by atoms with E-state index in [-0.39, 0.29) is 25.2 Å². The van der Waals surface area contributed by atoms with Gasteiger partial charge in [0.1, 0.15) is 0 Å². The van der Waals surface area contributed by atoms with Crippen LogP contribution in [0.15, 0.2) is 18.3 Å². The summed E-state index contributed by atoms with van der Waals surface area (Å²) in [5, 5.41) is 5.44. The number of aryl methyl sites for hydroxylation is 1. The quantitative estimate of drug-likeness (QED) is 0.645. The summed E-state index contributed by atoms with van der Waals surface area (Å²) in [6.45, 7) is 4.28. The topological polar surface area (TPSA) is 100 Å². The van der Waals surface area contributed by atoms with Gasteiger partial charge >= 0.3 is 6.03 Å². The maximum absolute atomic E-state index is 11.8. The van der Waals surface area contributed by atoms with Crippen LogP contribution in [0.25, 0.3) is 0 Å². The van der Waals surface area contributed by atoms with Crippen molar-refractivity contribution >= 4 is 16.1 Å². The van der Waals surface area contributed by atoms with Crippen LogP contribution in [-0.2, 0) is 10.0 Å². The Labute approximate surface area is 125 Å². The third kappa shape index (κ3) is 6.54. The van der Waals surface area contributed by atoms with E-state index in [1.54, 1.807) is 6.20 Å². The molecule has 0 saturated heterocycles. The molecule has 0 bridgehead atoms. The Hall–Kier alpha value is -1.67. The second-order valence-corrected chi connectivity index (χ2v) is 6.57. The summed E-state index contributed by atoms with van der Waals surface area (Å²) < 4.78 is 24.1. The van der Waals surface area contributed by atoms with Gasteiger partial charge in [-0.25, -0.2) is 17.9 Å². The molecule has 1 aromatic rings. The SMILES string of the molecule is CC[C@H](NC(=O)NCCNS(C)(=O)=O)c1ncccc1C. The van der Waals surface area contributed by atoms with Gasteiger partial charge < -0.3 is 10.6 Å². The Kier molecular flexibility index (Phi) is 6.57. The molecule has 0 aliphatic carbocycles. The molecule has 0 unspecified atom stereocenters. The number of carbonyl (C=O) groups excluding carboxylic acids is 1. The molecule has 118 valence electrons. The lowest BCUT2D eigenvalue weighted by Crippen LogP contribution is -2.41. The van der Waals surface area contributed by atoms with Gasteiger partial charge in [-0.1, -0.05) is 13.0 Å². The molecule has 2 amide bonds. The standard InChI is InChI=1S/C13H22N4O3S/c1-4-11(12-10(2)6-5-7-14-12)17-13(18)15-8-9-16-21(3,19)20/h5-7,11,16H,4,8-9H2,1-3H3,(H2,15,17,18)/t11-/m0/s1. The van der Waals surface area contributed by atoms with Gasteiger partial charge in [0, 0.05) is 19.3 Å². The number of carbonyl (C=O) groups is 1. The molecule has 0 spiro atoms. The molecule has 8 heteroatoms. The van der Waals surface area contributed by atoms with Gasteiger partial charge in [-0.05, 0) is 25.0 Å². The molecule has 7 nitrogen and oxygen atoms in total. The zero-order chi connectivity index (χ0) is 15.9. The van der Waals surface area contributed by atoms with Crippen molar-refractivity contribution in [1.82, 2.24) is 20.3 Å². The van der Waals surface area contributed by atoms with Crippen LogP contribution in [0.5, 0.6) is 0 Å². The second-order valence-electron chi connectivity index (χ2n) is 4.73. The molecule has 1 rings (SSSR count). The highest BCUT2D eigenvalue weighted by Gasteiger charge is 2.15. The Morgan fingerprint density at radius 3 is 2.67 bits per heavy atom. The van der Waals surface area contributed by atoms with E-state index < -0.39 is 10.0 Å². The van der Waals surface area contributed by atoms with Crippen LogP contribution in [0, 0.1) is 6.92 Å². The van der Waals surface area contributed by atoms with E-state index in [0.717, 1.165) is 17.5 Å². The molecule has 1 atom stereocenters. The van der Waals surface area contributed by atoms with Crippen LogP contribution in [0.3, 0.4) is 0 Å². The molecular weight excluding hydrogens is 292 g/mol. The monoisotopic (exact) mass is 314 g/mol. The summed E-state index contributed by atoms with van der Waals surface area (Å²) in [5.41, 5.74) is 1.85. The lowest BCUT2D eigenvalue weighted by Gasteiger charge is -2.18. The summed E-state index contributed by atoms with van der Waals surface area (Å²) in [7, 11) is -3.23. The fourth-order valence-corrected chi connectivity index (χ4v) is 2.32. The number of nitrogens with zero attached hydrogens (tertiary/aromatic N) is 1. The van der Waals surface area contributed by atoms with E-state index in [2.05, 4.69) is 20.3 Å². The predicted molar refractivity (Wildman–Crippen MR) is 81.4 cm³/mol. The number of amides is 2. The minimum atomic E-state index is -3.23. The lowest BCUT2D eigenvalue weighted by molar-refractivity contribution is 0.236. The third-order valence-corrected chi connectivity index (χ3v) is 3.60. The first-order chi connectivity index (χ1) is 9.83. The molecule has 1 aromatic heterocycles. The zero-order valence-electron chi connectivity index (χ0n) is 12.5. The Morgan fingerprint density at radius 2 is 2.10 bits per heavy atom. The van der Waals surface area contributed by atoms with E-state index in [0.29, 0.717) is 6.42 Å². The average Bonchev–Trinajstić information content (AvgIpc) is 2.41. The summed E-state index contributed by atoms with van der Waals surface area (Å²) in [6, 6.07) is 3.28. The van der Waals surface area contributed by atoms with Gasteiger partial charge in [0.15, 0.2) is 0 Å². The van der Waals surface area contributed by atoms with Crippen molar-refractivity contribution in [3.63, 3.8) is 0 Å². The van der Waals surface area contributed by atoms with Crippen molar-refractivity contribution in [1.29, 1.82) is 0 Å². The Morgan fingerprint density at radius 1 is 1.38 bits per heavy atom. The van der Waals surface area contributed by atoms with Gasteiger partial charge in [0.25, 0.3) is 0 Å². The number of nitrogens with one attached hydrogen (secondary N) is 3. The van der Waals surface area contributed by atoms with E-state index in [4.69, 9.17) is 0 Å². The van der Waals surface area contributed by atoms with Gasteiger partial charge in [-0.15, -0.1) is 0 Å². The van der Waals surface area contributed by atoms with Crippen LogP contribution < -0.4 is 15.4 Å². The first-order valence-electron chi connectivity index (χ1n) is 6.74. The fraction of sp³-hybridized carbons (Fsp3) is 0.538. The summed E-state index contributed by atoms with van der Waals surface area (Å²) >= 11 is 0. The van der Waals surface area contributed by atoms with E-state index >= 15 is 0 Å². The highest BCUT2D eigenvalue weighted by Crippen LogP contribution is 2.17. The van der Waals surface area contributed by atoms with E-state index in [9.17, 15) is 13.2 Å². The minimum absolute atomic E-state index is 0.158. The highest BCUT2D eigenvalue weighted by atomic mass is 32.2. The maximum atomic E-state index is 11.8. The molecule has 0 aliphatic heterocycles. The Bertz CT molecular complexity index is 575. The Balaban J connectivity index is 2.47. The number of urea groups is 1. The summed E-state index contributed by atoms with van der Waals surface area (Å²) in [5.74, 6) is 0. The predicted octanol–water partition coefficient (Wildman–Crippen LogP) is 0.690. The van der Waals surface area contributed by atoms with Crippen LogP contribution in [0.4, 0.5) is 4.79 Å². The molecule has 1 heterocycles. The van der Waals surface area contributed by atoms with Gasteiger partial charge in [-0.3, -0.25) is 4.98 Å². The molecule has 0 radical (unpaired) electrons. The van der Waals surface area contributed by atoms with Crippen molar-refractivity contribution in [2.24, 2.45) is 0 Å². The first kappa shape index (κ1) is 17.4. The van der Waals surface area contributed by atoms with Crippen molar-refractivity contribution in [2.45, 2.75) is 26.3 Å². The van der Waals surface area contributed by atoms with Crippen LogP contribution in [0.2, 0.25) is 0 Å². The number of sulfonamides is 1. The number of hydrogen-bond donors (Lipinski definition) is 3. The van der Waals surface area contributed by atoms with Crippen LogP contribution >= 0.6 is 0 Å². The number of rotatable bonds is 7. The number of aromatic nitrogens is 1. The van der Waals surface area contributed by atoms with Crippen molar-refractivity contribution in [3.8, 4) is 0 Å². The molecular formula is C13H22N4O3S. The molecule has 0 saturated carbocycles. The molecule has 0 aromatic carbocycles. The van der Waals surface area contributed by atoms with Crippen molar-refractivity contribution in [3.05, 3.63) is 29.6 Å². The molecule has 3 N–H and O–H groups in total. The van der Waals surface area contributed by atoms with Crippen molar-refractivity contribution in [2.75, 3.05) is 19.3 Å². The lowest BCUT2D eigenvalue weighted by atomic mass is 10.1. The highest BCUT2D eigenvalue weighted by molar-refractivity contribution is 7.88. The van der Waals surface area contributed by atoms with Crippen LogP contribution in [-0.4, -0.2) is 38.8 Å². The van der Waals surface area contributed by atoms with Crippen LogP contribution in [0.1, 0.15) is 30.6 Å². The normalized spacial score (nSPS) is 12.7. The second kappa shape index (κ2) is 7.94. The summed E-state index contributed by atoms with van der Waals surface area (Å²) in [6.07, 6.45) is 3.48. The van der Waals surface area contributed by atoms with Gasteiger partial charge in [0.2, 0.25) is 10.0 Å². The number of hydrogen-bond acceptors (Lipinski definition) is 4. The molecule has 0 aliphatic rings. The molecule has 21 heavy (non-hydrogen) atoms.